The molecule has 0 atom stereocenters. The van der Waals surface area contributed by atoms with Gasteiger partial charge in [-0.2, -0.15) is 0 Å². The zero-order valence-corrected chi connectivity index (χ0v) is 16.1. The van der Waals surface area contributed by atoms with Gasteiger partial charge in [0.05, 0.1) is 24.2 Å². The van der Waals surface area contributed by atoms with Crippen LogP contribution in [0.2, 0.25) is 0 Å². The van der Waals surface area contributed by atoms with Gasteiger partial charge >= 0.3 is 0 Å². The van der Waals surface area contributed by atoms with Crippen LogP contribution in [0.1, 0.15) is 53.1 Å². The van der Waals surface area contributed by atoms with Gasteiger partial charge in [0, 0.05) is 37.8 Å². The monoisotopic (exact) mass is 382 g/mol. The molecule has 1 aromatic carbocycles. The third-order valence-electron chi connectivity index (χ3n) is 6.33. The number of nitrogens with zero attached hydrogens (tertiary/aromatic N) is 4. The molecule has 0 unspecified atom stereocenters. The fourth-order valence-electron chi connectivity index (χ4n) is 4.78. The van der Waals surface area contributed by atoms with Gasteiger partial charge in [-0.3, -0.25) is 9.59 Å². The van der Waals surface area contributed by atoms with Crippen molar-refractivity contribution in [3.63, 3.8) is 0 Å². The van der Waals surface area contributed by atoms with Gasteiger partial charge in [-0.05, 0) is 31.0 Å². The standard InChI is InChI=1S/C21H26N4O3/c26-20(23-10-12-28-13-11-23)15-6-7-18-17(14-15)22-19-21(27)24(8-9-25(18)19)16-4-2-1-3-5-16/h6-7,14,16H,1-5,8-13H2. The Hall–Kier alpha value is -2.41. The number of amides is 2. The van der Waals surface area contributed by atoms with Gasteiger partial charge in [0.15, 0.2) is 5.82 Å². The number of hydrogen-bond acceptors (Lipinski definition) is 4. The molecule has 7 heteroatoms. The van der Waals surface area contributed by atoms with E-state index in [0.717, 1.165) is 37.0 Å². The van der Waals surface area contributed by atoms with Crippen molar-refractivity contribution < 1.29 is 14.3 Å². The highest BCUT2D eigenvalue weighted by Gasteiger charge is 2.33. The first-order valence-corrected chi connectivity index (χ1v) is 10.4. The molecule has 1 saturated heterocycles. The zero-order chi connectivity index (χ0) is 19.1. The van der Waals surface area contributed by atoms with Crippen molar-refractivity contribution in [2.24, 2.45) is 0 Å². The summed E-state index contributed by atoms with van der Waals surface area (Å²) in [5.74, 6) is 0.560. The Balaban J connectivity index is 1.43. The predicted molar refractivity (Wildman–Crippen MR) is 104 cm³/mol. The summed E-state index contributed by atoms with van der Waals surface area (Å²) in [6.45, 7) is 3.91. The number of fused-ring (bicyclic) bond motifs is 3. The van der Waals surface area contributed by atoms with E-state index in [-0.39, 0.29) is 11.8 Å². The van der Waals surface area contributed by atoms with E-state index in [1.165, 1.54) is 19.3 Å². The number of carbonyl (C=O) groups is 2. The lowest BCUT2D eigenvalue weighted by Gasteiger charge is -2.36. The summed E-state index contributed by atoms with van der Waals surface area (Å²) in [6.07, 6.45) is 5.89. The van der Waals surface area contributed by atoms with E-state index in [1.54, 1.807) is 0 Å². The average molecular weight is 382 g/mol. The normalized spacial score (nSPS) is 21.2. The predicted octanol–water partition coefficient (Wildman–Crippen LogP) is 2.30. The maximum Gasteiger partial charge on any atom is 0.290 e. The van der Waals surface area contributed by atoms with Crippen LogP contribution < -0.4 is 0 Å². The summed E-state index contributed by atoms with van der Waals surface area (Å²) in [6, 6.07) is 5.97. The van der Waals surface area contributed by atoms with E-state index in [0.29, 0.717) is 43.7 Å². The SMILES string of the molecule is O=C(c1ccc2c(c1)nc1n2CCN(C2CCCCC2)C1=O)N1CCOCC1. The number of imidazole rings is 1. The molecule has 2 aliphatic heterocycles. The number of aromatic nitrogens is 2. The Kier molecular flexibility index (Phi) is 4.55. The quantitative estimate of drug-likeness (QED) is 0.799. The number of ether oxygens (including phenoxy) is 1. The minimum atomic E-state index is 0.00586. The molecular weight excluding hydrogens is 356 g/mol. The van der Waals surface area contributed by atoms with Crippen LogP contribution in [0.25, 0.3) is 11.0 Å². The first-order chi connectivity index (χ1) is 13.7. The van der Waals surface area contributed by atoms with Crippen molar-refractivity contribution in [2.45, 2.75) is 44.7 Å². The number of hydrogen-bond donors (Lipinski definition) is 0. The molecule has 7 nitrogen and oxygen atoms in total. The van der Waals surface area contributed by atoms with Crippen molar-refractivity contribution in [1.82, 2.24) is 19.4 Å². The van der Waals surface area contributed by atoms with Crippen LogP contribution in [-0.2, 0) is 11.3 Å². The lowest BCUT2D eigenvalue weighted by molar-refractivity contribution is 0.0303. The second-order valence-electron chi connectivity index (χ2n) is 7.99. The Bertz CT molecular complexity index is 910. The topological polar surface area (TPSA) is 67.7 Å². The van der Waals surface area contributed by atoms with Gasteiger partial charge in [0.2, 0.25) is 0 Å². The summed E-state index contributed by atoms with van der Waals surface area (Å²) < 4.78 is 7.35. The molecule has 0 radical (unpaired) electrons. The minimum absolute atomic E-state index is 0.00586. The van der Waals surface area contributed by atoms with Gasteiger partial charge in [0.25, 0.3) is 11.8 Å². The molecule has 0 N–H and O–H groups in total. The van der Waals surface area contributed by atoms with Gasteiger partial charge in [-0.25, -0.2) is 4.98 Å². The van der Waals surface area contributed by atoms with E-state index in [2.05, 4.69) is 4.98 Å². The third-order valence-corrected chi connectivity index (χ3v) is 6.33. The van der Waals surface area contributed by atoms with E-state index >= 15 is 0 Å². The molecule has 2 aromatic rings. The second kappa shape index (κ2) is 7.20. The van der Waals surface area contributed by atoms with Crippen LogP contribution in [-0.4, -0.2) is 70.1 Å². The first kappa shape index (κ1) is 17.7. The Morgan fingerprint density at radius 1 is 1.04 bits per heavy atom. The molecular formula is C21H26N4O3. The van der Waals surface area contributed by atoms with Gasteiger partial charge in [0.1, 0.15) is 0 Å². The molecule has 3 aliphatic rings. The number of benzene rings is 1. The molecule has 1 aliphatic carbocycles. The fourth-order valence-corrected chi connectivity index (χ4v) is 4.78. The van der Waals surface area contributed by atoms with Crippen LogP contribution >= 0.6 is 0 Å². The van der Waals surface area contributed by atoms with Crippen molar-refractivity contribution >= 4 is 22.8 Å². The summed E-state index contributed by atoms with van der Waals surface area (Å²) >= 11 is 0. The molecule has 1 aromatic heterocycles. The molecule has 3 heterocycles. The Morgan fingerprint density at radius 3 is 2.61 bits per heavy atom. The second-order valence-corrected chi connectivity index (χ2v) is 7.99. The third kappa shape index (κ3) is 2.98. The van der Waals surface area contributed by atoms with Crippen LogP contribution in [0.5, 0.6) is 0 Å². The lowest BCUT2D eigenvalue weighted by atomic mass is 9.94. The average Bonchev–Trinajstić information content (AvgIpc) is 3.13. The summed E-state index contributed by atoms with van der Waals surface area (Å²) in [5.41, 5.74) is 2.29. The molecule has 5 rings (SSSR count). The van der Waals surface area contributed by atoms with E-state index in [1.807, 2.05) is 32.6 Å². The number of rotatable bonds is 2. The highest BCUT2D eigenvalue weighted by molar-refractivity contribution is 6.00. The number of morpholine rings is 1. The van der Waals surface area contributed by atoms with E-state index < -0.39 is 0 Å². The molecule has 2 amide bonds. The maximum absolute atomic E-state index is 13.1. The van der Waals surface area contributed by atoms with Gasteiger partial charge in [-0.1, -0.05) is 19.3 Å². The zero-order valence-electron chi connectivity index (χ0n) is 16.1. The molecule has 148 valence electrons. The molecule has 28 heavy (non-hydrogen) atoms. The van der Waals surface area contributed by atoms with Crippen molar-refractivity contribution in [1.29, 1.82) is 0 Å². The van der Waals surface area contributed by atoms with E-state index in [4.69, 9.17) is 4.74 Å². The van der Waals surface area contributed by atoms with Crippen molar-refractivity contribution in [3.05, 3.63) is 29.6 Å². The molecule has 1 saturated carbocycles. The minimum Gasteiger partial charge on any atom is -0.378 e. The highest BCUT2D eigenvalue weighted by atomic mass is 16.5. The summed E-state index contributed by atoms with van der Waals surface area (Å²) in [7, 11) is 0. The van der Waals surface area contributed by atoms with Crippen molar-refractivity contribution in [2.75, 3.05) is 32.8 Å². The molecule has 2 fully saturated rings. The molecule has 0 bridgehead atoms. The highest BCUT2D eigenvalue weighted by Crippen LogP contribution is 2.28. The summed E-state index contributed by atoms with van der Waals surface area (Å²) in [4.78, 5) is 34.4. The fraction of sp³-hybridized carbons (Fsp3) is 0.571. The lowest BCUT2D eigenvalue weighted by Crippen LogP contribution is -2.47. The van der Waals surface area contributed by atoms with E-state index in [9.17, 15) is 9.59 Å². The Labute approximate surface area is 164 Å². The van der Waals surface area contributed by atoms with Crippen LogP contribution in [0.4, 0.5) is 0 Å². The largest absolute Gasteiger partial charge is 0.378 e. The smallest absolute Gasteiger partial charge is 0.290 e. The van der Waals surface area contributed by atoms with Gasteiger partial charge < -0.3 is 19.1 Å². The molecule has 0 spiro atoms. The number of carbonyl (C=O) groups excluding carboxylic acids is 2. The van der Waals surface area contributed by atoms with Crippen LogP contribution in [0.15, 0.2) is 18.2 Å². The van der Waals surface area contributed by atoms with Crippen LogP contribution in [0.3, 0.4) is 0 Å². The van der Waals surface area contributed by atoms with Gasteiger partial charge in [-0.15, -0.1) is 0 Å². The van der Waals surface area contributed by atoms with Crippen molar-refractivity contribution in [3.8, 4) is 0 Å². The Morgan fingerprint density at radius 2 is 1.82 bits per heavy atom. The maximum atomic E-state index is 13.1. The first-order valence-electron chi connectivity index (χ1n) is 10.4. The summed E-state index contributed by atoms with van der Waals surface area (Å²) in [5, 5.41) is 0. The van der Waals surface area contributed by atoms with Crippen LogP contribution in [0, 0.1) is 0 Å².